The number of aliphatic hydroxyl groups is 3. The van der Waals surface area contributed by atoms with Crippen LogP contribution in [0, 0.1) is 0 Å². The molecular weight excluding hydrogens is 202 g/mol. The van der Waals surface area contributed by atoms with Crippen molar-refractivity contribution in [1.82, 2.24) is 0 Å². The Morgan fingerprint density at radius 3 is 2.29 bits per heavy atom. The molecule has 0 fully saturated rings. The van der Waals surface area contributed by atoms with Gasteiger partial charge in [-0.2, -0.15) is 0 Å². The number of aliphatic hydroxyl groups excluding tert-OH is 3. The number of quaternary nitrogens is 1. The van der Waals surface area contributed by atoms with Gasteiger partial charge in [0.15, 0.2) is 5.54 Å². The minimum Gasteiger partial charge on any atom is -0.390 e. The van der Waals surface area contributed by atoms with Crippen molar-refractivity contribution in [2.45, 2.75) is 12.1 Å². The molecule has 0 aliphatic carbocycles. The van der Waals surface area contributed by atoms with E-state index in [2.05, 4.69) is 0 Å². The van der Waals surface area contributed by atoms with Gasteiger partial charge in [0.1, 0.15) is 26.4 Å². The zero-order valence-electron chi connectivity index (χ0n) is 7.89. The Kier molecular flexibility index (Phi) is 4.50. The lowest BCUT2D eigenvalue weighted by atomic mass is 10.0. The molecule has 1 aromatic rings. The molecule has 0 saturated heterocycles. The summed E-state index contributed by atoms with van der Waals surface area (Å²) in [5.41, 5.74) is -0.857. The van der Waals surface area contributed by atoms with Gasteiger partial charge in [-0.3, -0.25) is 0 Å². The fraction of sp³-hybridized carbons (Fsp3) is 0.556. The van der Waals surface area contributed by atoms with E-state index in [-0.39, 0.29) is 19.8 Å². The van der Waals surface area contributed by atoms with E-state index < -0.39 is 5.54 Å². The maximum Gasteiger partial charge on any atom is 0.166 e. The molecule has 0 aromatic carbocycles. The molecule has 0 atom stereocenters. The Balaban J connectivity index is 2.48. The van der Waals surface area contributed by atoms with Crippen LogP contribution in [0.4, 0.5) is 0 Å². The molecule has 80 valence electrons. The highest BCUT2D eigenvalue weighted by molar-refractivity contribution is 7.09. The molecule has 4 nitrogen and oxygen atoms in total. The SMILES string of the molecule is OCC(CO)(CO)[NH2+]Cc1cccs1. The first kappa shape index (κ1) is 11.6. The van der Waals surface area contributed by atoms with Gasteiger partial charge >= 0.3 is 0 Å². The molecule has 5 heteroatoms. The maximum atomic E-state index is 9.06. The number of hydrogen-bond donors (Lipinski definition) is 4. The molecule has 0 unspecified atom stereocenters. The normalized spacial score (nSPS) is 11.9. The van der Waals surface area contributed by atoms with Crippen LogP contribution in [0.1, 0.15) is 4.88 Å². The van der Waals surface area contributed by atoms with Crippen LogP contribution in [-0.2, 0) is 6.54 Å². The summed E-state index contributed by atoms with van der Waals surface area (Å²) >= 11 is 1.62. The van der Waals surface area contributed by atoms with Gasteiger partial charge in [-0.25, -0.2) is 0 Å². The Morgan fingerprint density at radius 2 is 1.86 bits per heavy atom. The van der Waals surface area contributed by atoms with E-state index in [0.717, 1.165) is 4.88 Å². The van der Waals surface area contributed by atoms with E-state index in [1.165, 1.54) is 0 Å². The summed E-state index contributed by atoms with van der Waals surface area (Å²) in [6.07, 6.45) is 0. The highest BCUT2D eigenvalue weighted by Crippen LogP contribution is 2.06. The molecule has 0 aliphatic heterocycles. The van der Waals surface area contributed by atoms with Crippen LogP contribution in [-0.4, -0.2) is 40.7 Å². The molecule has 0 radical (unpaired) electrons. The number of hydrogen-bond acceptors (Lipinski definition) is 4. The van der Waals surface area contributed by atoms with Gasteiger partial charge in [0.2, 0.25) is 0 Å². The molecule has 0 spiro atoms. The van der Waals surface area contributed by atoms with Crippen molar-refractivity contribution in [3.8, 4) is 0 Å². The standard InChI is InChI=1S/C9H15NO3S/c11-5-9(6-12,7-13)10-4-8-2-1-3-14-8/h1-3,10-13H,4-7H2/p+1. The second kappa shape index (κ2) is 5.43. The van der Waals surface area contributed by atoms with Crippen LogP contribution in [0.2, 0.25) is 0 Å². The summed E-state index contributed by atoms with van der Waals surface area (Å²) in [7, 11) is 0. The van der Waals surface area contributed by atoms with Crippen LogP contribution in [0.15, 0.2) is 17.5 Å². The van der Waals surface area contributed by atoms with Crippen LogP contribution in [0.5, 0.6) is 0 Å². The van der Waals surface area contributed by atoms with Gasteiger partial charge in [-0.05, 0) is 11.4 Å². The molecule has 1 aromatic heterocycles. The third-order valence-electron chi connectivity index (χ3n) is 2.26. The van der Waals surface area contributed by atoms with Crippen LogP contribution < -0.4 is 5.32 Å². The monoisotopic (exact) mass is 218 g/mol. The van der Waals surface area contributed by atoms with Crippen molar-refractivity contribution >= 4 is 11.3 Å². The average Bonchev–Trinajstić information content (AvgIpc) is 2.74. The van der Waals surface area contributed by atoms with Gasteiger partial charge in [0.05, 0.1) is 4.88 Å². The Morgan fingerprint density at radius 1 is 1.21 bits per heavy atom. The van der Waals surface area contributed by atoms with Crippen molar-refractivity contribution in [3.63, 3.8) is 0 Å². The third-order valence-corrected chi connectivity index (χ3v) is 3.16. The first-order chi connectivity index (χ1) is 6.76. The summed E-state index contributed by atoms with van der Waals surface area (Å²) in [6, 6.07) is 3.93. The van der Waals surface area contributed by atoms with Crippen LogP contribution in [0.25, 0.3) is 0 Å². The lowest BCUT2D eigenvalue weighted by molar-refractivity contribution is -0.746. The van der Waals surface area contributed by atoms with E-state index in [1.807, 2.05) is 17.5 Å². The van der Waals surface area contributed by atoms with E-state index in [4.69, 9.17) is 15.3 Å². The van der Waals surface area contributed by atoms with Gasteiger partial charge in [0.25, 0.3) is 0 Å². The second-order valence-electron chi connectivity index (χ2n) is 3.32. The fourth-order valence-corrected chi connectivity index (χ4v) is 1.76. The van der Waals surface area contributed by atoms with Crippen molar-refractivity contribution in [1.29, 1.82) is 0 Å². The van der Waals surface area contributed by atoms with Crippen molar-refractivity contribution < 1.29 is 20.6 Å². The number of nitrogens with two attached hydrogens (primary N) is 1. The molecule has 5 N–H and O–H groups in total. The van der Waals surface area contributed by atoms with Crippen molar-refractivity contribution in [2.24, 2.45) is 0 Å². The summed E-state index contributed by atoms with van der Waals surface area (Å²) in [5.74, 6) is 0. The quantitative estimate of drug-likeness (QED) is 0.471. The second-order valence-corrected chi connectivity index (χ2v) is 4.36. The predicted molar refractivity (Wildman–Crippen MR) is 53.9 cm³/mol. The Bertz CT molecular complexity index is 238. The van der Waals surface area contributed by atoms with E-state index in [0.29, 0.717) is 6.54 Å². The lowest BCUT2D eigenvalue weighted by Crippen LogP contribution is -2.99. The van der Waals surface area contributed by atoms with Crippen molar-refractivity contribution in [2.75, 3.05) is 19.8 Å². The Labute approximate surface area is 86.8 Å². The van der Waals surface area contributed by atoms with E-state index in [9.17, 15) is 0 Å². The summed E-state index contributed by atoms with van der Waals surface area (Å²) in [4.78, 5) is 1.16. The third kappa shape index (κ3) is 2.76. The molecule has 14 heavy (non-hydrogen) atoms. The minimum absolute atomic E-state index is 0.231. The zero-order chi connectivity index (χ0) is 10.4. The molecule has 1 rings (SSSR count). The van der Waals surface area contributed by atoms with Crippen LogP contribution in [0.3, 0.4) is 0 Å². The molecule has 0 amide bonds. The van der Waals surface area contributed by atoms with Crippen molar-refractivity contribution in [3.05, 3.63) is 22.4 Å². The number of rotatable bonds is 6. The zero-order valence-corrected chi connectivity index (χ0v) is 8.70. The van der Waals surface area contributed by atoms with Gasteiger partial charge < -0.3 is 20.6 Å². The summed E-state index contributed by atoms with van der Waals surface area (Å²) in [6.45, 7) is -0.0263. The predicted octanol–water partition coefficient (Wildman–Crippen LogP) is -1.47. The fourth-order valence-electron chi connectivity index (χ4n) is 1.09. The molecule has 1 heterocycles. The maximum absolute atomic E-state index is 9.06. The largest absolute Gasteiger partial charge is 0.390 e. The molecular formula is C9H16NO3S+. The number of thiophene rings is 1. The minimum atomic E-state index is -0.857. The Hall–Kier alpha value is -0.460. The van der Waals surface area contributed by atoms with Gasteiger partial charge in [0, 0.05) is 0 Å². The topological polar surface area (TPSA) is 77.3 Å². The first-order valence-electron chi connectivity index (χ1n) is 4.45. The van der Waals surface area contributed by atoms with E-state index in [1.54, 1.807) is 16.7 Å². The molecule has 0 saturated carbocycles. The average molecular weight is 218 g/mol. The molecule has 0 bridgehead atoms. The summed E-state index contributed by atoms with van der Waals surface area (Å²) in [5, 5.41) is 30.9. The van der Waals surface area contributed by atoms with Crippen LogP contribution >= 0.6 is 11.3 Å². The van der Waals surface area contributed by atoms with Gasteiger partial charge in [-0.1, -0.05) is 6.07 Å². The first-order valence-corrected chi connectivity index (χ1v) is 5.33. The summed E-state index contributed by atoms with van der Waals surface area (Å²) < 4.78 is 0. The smallest absolute Gasteiger partial charge is 0.166 e. The highest BCUT2D eigenvalue weighted by atomic mass is 32.1. The molecule has 0 aliphatic rings. The van der Waals surface area contributed by atoms with Gasteiger partial charge in [-0.15, -0.1) is 11.3 Å². The highest BCUT2D eigenvalue weighted by Gasteiger charge is 2.31. The van der Waals surface area contributed by atoms with E-state index >= 15 is 0 Å². The lowest BCUT2D eigenvalue weighted by Gasteiger charge is -2.24.